The molecule has 0 amide bonds. The van der Waals surface area contributed by atoms with Gasteiger partial charge in [0.15, 0.2) is 0 Å². The zero-order chi connectivity index (χ0) is 12.1. The highest BCUT2D eigenvalue weighted by Gasteiger charge is 2.10. The molecule has 4 heteroatoms. The van der Waals surface area contributed by atoms with Gasteiger partial charge in [-0.05, 0) is 32.4 Å². The van der Waals surface area contributed by atoms with Gasteiger partial charge in [0.25, 0.3) is 0 Å². The standard InChI is InChI=1S/C12H15ClN2O/c1-8(6-9(2)16)15-12-5-3-4-11(13)10(12)7-14/h3-5,8-9,15-16H,6H2,1-2H3. The first-order chi connectivity index (χ1) is 7.54. The van der Waals surface area contributed by atoms with E-state index in [-0.39, 0.29) is 12.1 Å². The summed E-state index contributed by atoms with van der Waals surface area (Å²) in [5.41, 5.74) is 1.16. The van der Waals surface area contributed by atoms with Crippen LogP contribution in [0.15, 0.2) is 18.2 Å². The third-order valence-corrected chi connectivity index (χ3v) is 2.54. The minimum Gasteiger partial charge on any atom is -0.393 e. The van der Waals surface area contributed by atoms with Crippen molar-refractivity contribution in [1.29, 1.82) is 5.26 Å². The minimum absolute atomic E-state index is 0.0885. The number of anilines is 1. The van der Waals surface area contributed by atoms with Crippen molar-refractivity contribution in [3.8, 4) is 6.07 Å². The number of nitriles is 1. The average Bonchev–Trinajstić information content (AvgIpc) is 2.16. The van der Waals surface area contributed by atoms with Crippen LogP contribution < -0.4 is 5.32 Å². The second-order valence-electron chi connectivity index (χ2n) is 3.90. The van der Waals surface area contributed by atoms with Gasteiger partial charge in [-0.15, -0.1) is 0 Å². The fraction of sp³-hybridized carbons (Fsp3) is 0.417. The summed E-state index contributed by atoms with van der Waals surface area (Å²) in [5, 5.41) is 21.8. The Bertz CT molecular complexity index is 398. The number of benzene rings is 1. The maximum atomic E-state index is 9.25. The Hall–Kier alpha value is -1.24. The number of halogens is 1. The summed E-state index contributed by atoms with van der Waals surface area (Å²) in [4.78, 5) is 0. The Morgan fingerprint density at radius 2 is 2.19 bits per heavy atom. The molecule has 2 atom stereocenters. The first-order valence-electron chi connectivity index (χ1n) is 5.17. The Labute approximate surface area is 101 Å². The third-order valence-electron chi connectivity index (χ3n) is 2.22. The first-order valence-corrected chi connectivity index (χ1v) is 5.55. The molecule has 86 valence electrons. The van der Waals surface area contributed by atoms with Crippen molar-refractivity contribution in [3.05, 3.63) is 28.8 Å². The van der Waals surface area contributed by atoms with E-state index in [4.69, 9.17) is 16.9 Å². The summed E-state index contributed by atoms with van der Waals surface area (Å²) < 4.78 is 0. The monoisotopic (exact) mass is 238 g/mol. The van der Waals surface area contributed by atoms with Crippen LogP contribution in [-0.2, 0) is 0 Å². The molecule has 0 saturated heterocycles. The zero-order valence-corrected chi connectivity index (χ0v) is 10.1. The molecule has 0 aromatic heterocycles. The highest BCUT2D eigenvalue weighted by Crippen LogP contribution is 2.24. The molecule has 0 aliphatic carbocycles. The van der Waals surface area contributed by atoms with E-state index < -0.39 is 0 Å². The van der Waals surface area contributed by atoms with Gasteiger partial charge in [-0.25, -0.2) is 0 Å². The van der Waals surface area contributed by atoms with E-state index in [0.29, 0.717) is 22.7 Å². The molecule has 1 rings (SSSR count). The van der Waals surface area contributed by atoms with E-state index in [2.05, 4.69) is 11.4 Å². The van der Waals surface area contributed by atoms with Crippen molar-refractivity contribution in [2.24, 2.45) is 0 Å². The molecule has 0 radical (unpaired) electrons. The van der Waals surface area contributed by atoms with Crippen LogP contribution >= 0.6 is 11.6 Å². The second kappa shape index (κ2) is 5.74. The molecule has 0 spiro atoms. The summed E-state index contributed by atoms with van der Waals surface area (Å²) in [6.45, 7) is 3.69. The van der Waals surface area contributed by atoms with Crippen molar-refractivity contribution in [3.63, 3.8) is 0 Å². The molecule has 0 heterocycles. The van der Waals surface area contributed by atoms with E-state index >= 15 is 0 Å². The van der Waals surface area contributed by atoms with Crippen molar-refractivity contribution in [2.45, 2.75) is 32.4 Å². The van der Waals surface area contributed by atoms with Gasteiger partial charge in [0, 0.05) is 6.04 Å². The van der Waals surface area contributed by atoms with Gasteiger partial charge in [-0.1, -0.05) is 17.7 Å². The topological polar surface area (TPSA) is 56.0 Å². The van der Waals surface area contributed by atoms with E-state index in [0.717, 1.165) is 0 Å². The van der Waals surface area contributed by atoms with Gasteiger partial charge in [0.2, 0.25) is 0 Å². The van der Waals surface area contributed by atoms with Gasteiger partial charge < -0.3 is 10.4 Å². The lowest BCUT2D eigenvalue weighted by Gasteiger charge is -2.17. The lowest BCUT2D eigenvalue weighted by Crippen LogP contribution is -2.21. The molecule has 0 fully saturated rings. The highest BCUT2D eigenvalue weighted by molar-refractivity contribution is 6.32. The van der Waals surface area contributed by atoms with Crippen LogP contribution in [0.3, 0.4) is 0 Å². The number of nitrogens with zero attached hydrogens (tertiary/aromatic N) is 1. The summed E-state index contributed by atoms with van der Waals surface area (Å²) in [7, 11) is 0. The summed E-state index contributed by atoms with van der Waals surface area (Å²) >= 11 is 5.91. The van der Waals surface area contributed by atoms with Crippen LogP contribution in [0.25, 0.3) is 0 Å². The van der Waals surface area contributed by atoms with Crippen molar-refractivity contribution >= 4 is 17.3 Å². The number of hydrogen-bond donors (Lipinski definition) is 2. The minimum atomic E-state index is -0.368. The number of aliphatic hydroxyl groups is 1. The Kier molecular flexibility index (Phi) is 4.60. The number of nitrogens with one attached hydrogen (secondary N) is 1. The first kappa shape index (κ1) is 12.8. The van der Waals surface area contributed by atoms with Crippen molar-refractivity contribution in [1.82, 2.24) is 0 Å². The predicted molar refractivity (Wildman–Crippen MR) is 65.5 cm³/mol. The van der Waals surface area contributed by atoms with Gasteiger partial charge in [-0.2, -0.15) is 5.26 Å². The molecule has 0 aliphatic rings. The molecule has 0 saturated carbocycles. The van der Waals surface area contributed by atoms with Crippen LogP contribution in [0, 0.1) is 11.3 Å². The van der Waals surface area contributed by atoms with Crippen LogP contribution in [-0.4, -0.2) is 17.3 Å². The molecular formula is C12H15ClN2O. The summed E-state index contributed by atoms with van der Waals surface area (Å²) in [6.07, 6.45) is 0.254. The van der Waals surface area contributed by atoms with E-state index in [1.165, 1.54) is 0 Å². The summed E-state index contributed by atoms with van der Waals surface area (Å²) in [5.74, 6) is 0. The maximum absolute atomic E-state index is 9.25. The fourth-order valence-electron chi connectivity index (χ4n) is 1.59. The number of aliphatic hydroxyl groups excluding tert-OH is 1. The lowest BCUT2D eigenvalue weighted by molar-refractivity contribution is 0.179. The zero-order valence-electron chi connectivity index (χ0n) is 9.37. The molecular weight excluding hydrogens is 224 g/mol. The molecule has 3 nitrogen and oxygen atoms in total. The predicted octanol–water partition coefficient (Wildman–Crippen LogP) is 2.78. The fourth-order valence-corrected chi connectivity index (χ4v) is 1.81. The Morgan fingerprint density at radius 3 is 2.75 bits per heavy atom. The third kappa shape index (κ3) is 3.41. The van der Waals surface area contributed by atoms with E-state index in [9.17, 15) is 5.11 Å². The maximum Gasteiger partial charge on any atom is 0.103 e. The van der Waals surface area contributed by atoms with Gasteiger partial charge in [0.05, 0.1) is 22.4 Å². The average molecular weight is 239 g/mol. The normalized spacial score (nSPS) is 13.9. The van der Waals surface area contributed by atoms with Gasteiger partial charge in [0.1, 0.15) is 6.07 Å². The molecule has 2 N–H and O–H groups in total. The lowest BCUT2D eigenvalue weighted by atomic mass is 10.1. The van der Waals surface area contributed by atoms with E-state index in [1.54, 1.807) is 19.1 Å². The van der Waals surface area contributed by atoms with Crippen molar-refractivity contribution < 1.29 is 5.11 Å². The highest BCUT2D eigenvalue weighted by atomic mass is 35.5. The Balaban J connectivity index is 2.82. The Morgan fingerprint density at radius 1 is 1.50 bits per heavy atom. The van der Waals surface area contributed by atoms with Crippen LogP contribution in [0.2, 0.25) is 5.02 Å². The second-order valence-corrected chi connectivity index (χ2v) is 4.31. The van der Waals surface area contributed by atoms with Gasteiger partial charge >= 0.3 is 0 Å². The van der Waals surface area contributed by atoms with Crippen LogP contribution in [0.5, 0.6) is 0 Å². The smallest absolute Gasteiger partial charge is 0.103 e. The van der Waals surface area contributed by atoms with Gasteiger partial charge in [-0.3, -0.25) is 0 Å². The quantitative estimate of drug-likeness (QED) is 0.848. The molecule has 1 aromatic rings. The van der Waals surface area contributed by atoms with Crippen LogP contribution in [0.1, 0.15) is 25.8 Å². The molecule has 1 aromatic carbocycles. The summed E-state index contributed by atoms with van der Waals surface area (Å²) in [6, 6.07) is 7.44. The molecule has 2 unspecified atom stereocenters. The molecule has 0 aliphatic heterocycles. The van der Waals surface area contributed by atoms with E-state index in [1.807, 2.05) is 13.0 Å². The number of hydrogen-bond acceptors (Lipinski definition) is 3. The molecule has 16 heavy (non-hydrogen) atoms. The van der Waals surface area contributed by atoms with Crippen molar-refractivity contribution in [2.75, 3.05) is 5.32 Å². The SMILES string of the molecule is CC(O)CC(C)Nc1cccc(Cl)c1C#N. The van der Waals surface area contributed by atoms with Crippen LogP contribution in [0.4, 0.5) is 5.69 Å². The largest absolute Gasteiger partial charge is 0.393 e. The number of rotatable bonds is 4. The molecule has 0 bridgehead atoms.